The van der Waals surface area contributed by atoms with Gasteiger partial charge in [0.15, 0.2) is 0 Å². The number of imide groups is 1. The van der Waals surface area contributed by atoms with E-state index in [1.807, 2.05) is 6.07 Å². The molecule has 3 rings (SSSR count). The average molecular weight is 394 g/mol. The van der Waals surface area contributed by atoms with Crippen LogP contribution in [0, 0.1) is 11.3 Å². The molecule has 0 unspecified atom stereocenters. The summed E-state index contributed by atoms with van der Waals surface area (Å²) >= 11 is 9.35. The highest BCUT2D eigenvalue weighted by atomic mass is 79.9. The number of halogens is 2. The molecular formula is C14H6BrClN4O3. The molecule has 1 aliphatic rings. The van der Waals surface area contributed by atoms with Gasteiger partial charge >= 0.3 is 0 Å². The molecule has 0 aliphatic carbocycles. The molecule has 0 saturated heterocycles. The van der Waals surface area contributed by atoms with Gasteiger partial charge in [0.25, 0.3) is 17.4 Å². The van der Waals surface area contributed by atoms with Crippen molar-refractivity contribution in [1.82, 2.24) is 9.88 Å². The second kappa shape index (κ2) is 5.22. The summed E-state index contributed by atoms with van der Waals surface area (Å²) in [6.07, 6.45) is 0. The minimum absolute atomic E-state index is 0.0508. The van der Waals surface area contributed by atoms with Crippen molar-refractivity contribution in [2.75, 3.05) is 5.73 Å². The van der Waals surface area contributed by atoms with E-state index < -0.39 is 17.4 Å². The third-order valence-corrected chi connectivity index (χ3v) is 4.07. The summed E-state index contributed by atoms with van der Waals surface area (Å²) in [6, 6.07) is 5.86. The summed E-state index contributed by atoms with van der Waals surface area (Å²) in [7, 11) is 0. The normalized spacial score (nSPS) is 12.7. The number of hydrogen-bond acceptors (Lipinski definition) is 5. The van der Waals surface area contributed by atoms with E-state index in [0.29, 0.717) is 4.47 Å². The number of nitriles is 1. The van der Waals surface area contributed by atoms with Crippen LogP contribution in [0.15, 0.2) is 27.5 Å². The fraction of sp³-hybridized carbons (Fsp3) is 0. The van der Waals surface area contributed by atoms with E-state index in [4.69, 9.17) is 17.3 Å². The van der Waals surface area contributed by atoms with Gasteiger partial charge in [0, 0.05) is 10.5 Å². The number of nitrogens with one attached hydrogen (secondary N) is 1. The van der Waals surface area contributed by atoms with Crippen LogP contribution in [0.3, 0.4) is 0 Å². The number of pyridine rings is 1. The summed E-state index contributed by atoms with van der Waals surface area (Å²) in [5.74, 6) is -1.65. The Morgan fingerprint density at radius 1 is 1.22 bits per heavy atom. The van der Waals surface area contributed by atoms with Crippen LogP contribution in [0.1, 0.15) is 26.3 Å². The van der Waals surface area contributed by atoms with Gasteiger partial charge in [0.1, 0.15) is 11.9 Å². The van der Waals surface area contributed by atoms with E-state index in [9.17, 15) is 19.6 Å². The molecule has 9 heteroatoms. The number of aromatic nitrogens is 1. The first kappa shape index (κ1) is 15.3. The molecule has 7 nitrogen and oxygen atoms in total. The fourth-order valence-electron chi connectivity index (χ4n) is 2.39. The van der Waals surface area contributed by atoms with Crippen LogP contribution in [0.25, 0.3) is 5.69 Å². The van der Waals surface area contributed by atoms with Crippen molar-refractivity contribution in [2.45, 2.75) is 0 Å². The first-order valence-corrected chi connectivity index (χ1v) is 7.33. The first-order chi connectivity index (χ1) is 10.8. The van der Waals surface area contributed by atoms with Crippen molar-refractivity contribution in [1.29, 1.82) is 5.26 Å². The van der Waals surface area contributed by atoms with Crippen molar-refractivity contribution >= 4 is 45.2 Å². The number of benzene rings is 1. The zero-order valence-electron chi connectivity index (χ0n) is 11.2. The van der Waals surface area contributed by atoms with Crippen LogP contribution in [-0.2, 0) is 0 Å². The third-order valence-electron chi connectivity index (χ3n) is 3.33. The van der Waals surface area contributed by atoms with E-state index in [0.717, 1.165) is 10.6 Å². The fourth-order valence-corrected chi connectivity index (χ4v) is 3.28. The molecule has 1 aromatic carbocycles. The molecule has 2 amide bonds. The highest BCUT2D eigenvalue weighted by Gasteiger charge is 2.32. The lowest BCUT2D eigenvalue weighted by Gasteiger charge is -2.15. The number of nitrogens with two attached hydrogens (primary N) is 1. The maximum Gasteiger partial charge on any atom is 0.262 e. The van der Waals surface area contributed by atoms with Gasteiger partial charge in [-0.25, -0.2) is 0 Å². The lowest BCUT2D eigenvalue weighted by Crippen LogP contribution is -2.25. The minimum Gasteiger partial charge on any atom is -0.384 e. The maximum atomic E-state index is 12.4. The highest BCUT2D eigenvalue weighted by Crippen LogP contribution is 2.31. The van der Waals surface area contributed by atoms with E-state index in [1.165, 1.54) is 12.1 Å². The van der Waals surface area contributed by atoms with Crippen LogP contribution in [0.4, 0.5) is 5.82 Å². The predicted molar refractivity (Wildman–Crippen MR) is 85.7 cm³/mol. The summed E-state index contributed by atoms with van der Waals surface area (Å²) < 4.78 is 1.49. The quantitative estimate of drug-likeness (QED) is 0.713. The Morgan fingerprint density at radius 2 is 1.91 bits per heavy atom. The first-order valence-electron chi connectivity index (χ1n) is 6.16. The molecule has 1 aliphatic heterocycles. The molecule has 0 saturated carbocycles. The van der Waals surface area contributed by atoms with E-state index in [2.05, 4.69) is 21.2 Å². The van der Waals surface area contributed by atoms with Crippen molar-refractivity contribution in [3.63, 3.8) is 0 Å². The Kier molecular flexibility index (Phi) is 3.47. The molecule has 3 N–H and O–H groups in total. The molecule has 0 bridgehead atoms. The van der Waals surface area contributed by atoms with Gasteiger partial charge in [-0.15, -0.1) is 0 Å². The van der Waals surface area contributed by atoms with Crippen molar-refractivity contribution in [3.05, 3.63) is 54.7 Å². The highest BCUT2D eigenvalue weighted by molar-refractivity contribution is 9.10. The molecule has 0 atom stereocenters. The monoisotopic (exact) mass is 392 g/mol. The topological polar surface area (TPSA) is 118 Å². The van der Waals surface area contributed by atoms with Gasteiger partial charge < -0.3 is 5.73 Å². The molecule has 114 valence electrons. The molecule has 1 aromatic heterocycles. The maximum absolute atomic E-state index is 12.4. The van der Waals surface area contributed by atoms with Gasteiger partial charge in [-0.2, -0.15) is 5.26 Å². The standard InChI is InChI=1S/C14H6BrClN4O3/c15-6-1-5(4-17)11(8(16)2-6)20-9(21)3-7-10(12(20)18)14(23)19-13(7)22/h1-3H,18H2,(H,19,22,23). The number of fused-ring (bicyclic) bond motifs is 1. The SMILES string of the molecule is N#Cc1cc(Br)cc(Cl)c1-n1c(N)c2c(cc1=O)C(=O)NC2=O. The van der Waals surface area contributed by atoms with Crippen LogP contribution < -0.4 is 16.6 Å². The molecule has 2 aromatic rings. The van der Waals surface area contributed by atoms with E-state index >= 15 is 0 Å². The van der Waals surface area contributed by atoms with Gasteiger partial charge in [0.2, 0.25) is 0 Å². The second-order valence-corrected chi connectivity index (χ2v) is 5.99. The average Bonchev–Trinajstić information content (AvgIpc) is 2.75. The minimum atomic E-state index is -0.706. The van der Waals surface area contributed by atoms with Crippen LogP contribution in [0.2, 0.25) is 5.02 Å². The molecule has 23 heavy (non-hydrogen) atoms. The summed E-state index contributed by atoms with van der Waals surface area (Å²) in [5, 5.41) is 11.4. The van der Waals surface area contributed by atoms with Crippen LogP contribution in [0.5, 0.6) is 0 Å². The van der Waals surface area contributed by atoms with E-state index in [-0.39, 0.29) is 33.2 Å². The Bertz CT molecular complexity index is 1010. The Hall–Kier alpha value is -2.63. The molecular weight excluding hydrogens is 388 g/mol. The Labute approximate surface area is 142 Å². The number of carbonyl (C=O) groups excluding carboxylic acids is 2. The van der Waals surface area contributed by atoms with Crippen molar-refractivity contribution in [2.24, 2.45) is 0 Å². The molecule has 0 radical (unpaired) electrons. The Morgan fingerprint density at radius 3 is 2.57 bits per heavy atom. The number of carbonyl (C=O) groups is 2. The van der Waals surface area contributed by atoms with Crippen molar-refractivity contribution < 1.29 is 9.59 Å². The molecule has 0 fully saturated rings. The van der Waals surface area contributed by atoms with Gasteiger partial charge in [0.05, 0.1) is 27.4 Å². The number of nitrogens with zero attached hydrogens (tertiary/aromatic N) is 2. The van der Waals surface area contributed by atoms with Gasteiger partial charge in [-0.05, 0) is 12.1 Å². The summed E-state index contributed by atoms with van der Waals surface area (Å²) in [4.78, 5) is 35.9. The zero-order valence-corrected chi connectivity index (χ0v) is 13.5. The van der Waals surface area contributed by atoms with E-state index in [1.54, 1.807) is 0 Å². The lowest BCUT2D eigenvalue weighted by atomic mass is 10.1. The van der Waals surface area contributed by atoms with Crippen LogP contribution in [-0.4, -0.2) is 16.4 Å². The summed E-state index contributed by atoms with van der Waals surface area (Å²) in [5.41, 5.74) is 5.17. The van der Waals surface area contributed by atoms with Crippen molar-refractivity contribution in [3.8, 4) is 11.8 Å². The molecule has 2 heterocycles. The second-order valence-electron chi connectivity index (χ2n) is 4.67. The Balaban J connectivity index is 2.44. The third kappa shape index (κ3) is 2.21. The number of hydrogen-bond donors (Lipinski definition) is 2. The van der Waals surface area contributed by atoms with Crippen LogP contribution >= 0.6 is 27.5 Å². The number of rotatable bonds is 1. The smallest absolute Gasteiger partial charge is 0.262 e. The number of anilines is 1. The van der Waals surface area contributed by atoms with Gasteiger partial charge in [-0.1, -0.05) is 27.5 Å². The zero-order chi connectivity index (χ0) is 16.9. The lowest BCUT2D eigenvalue weighted by molar-refractivity contribution is 0.0880. The summed E-state index contributed by atoms with van der Waals surface area (Å²) in [6.45, 7) is 0. The largest absolute Gasteiger partial charge is 0.384 e. The van der Waals surface area contributed by atoms with Gasteiger partial charge in [-0.3, -0.25) is 24.3 Å². The molecule has 0 spiro atoms. The predicted octanol–water partition coefficient (Wildman–Crippen LogP) is 1.59. The number of nitrogen functional groups attached to an aromatic ring is 1. The number of amides is 2.